The summed E-state index contributed by atoms with van der Waals surface area (Å²) < 4.78 is 0. The lowest BCUT2D eigenvalue weighted by molar-refractivity contribution is 0.569. The minimum Gasteiger partial charge on any atom is -0.367 e. The molecule has 0 spiro atoms. The van der Waals surface area contributed by atoms with Crippen molar-refractivity contribution in [3.63, 3.8) is 0 Å². The molecule has 1 saturated heterocycles. The van der Waals surface area contributed by atoms with Crippen molar-refractivity contribution in [2.75, 3.05) is 31.1 Å². The summed E-state index contributed by atoms with van der Waals surface area (Å²) in [5, 5.41) is 3.44. The second kappa shape index (κ2) is 4.30. The van der Waals surface area contributed by atoms with Crippen LogP contribution in [-0.4, -0.2) is 26.2 Å². The minimum absolute atomic E-state index is 0.819. The number of nitrogens with one attached hydrogen (secondary N) is 1. The third kappa shape index (κ3) is 1.85. The fraction of sp³-hybridized carbons (Fsp3) is 0.429. The lowest BCUT2D eigenvalue weighted by atomic mass is 10.0. The van der Waals surface area contributed by atoms with Gasteiger partial charge in [0, 0.05) is 18.8 Å². The zero-order valence-electron chi connectivity index (χ0n) is 9.52. The van der Waals surface area contributed by atoms with Crippen molar-refractivity contribution in [1.82, 2.24) is 5.32 Å². The van der Waals surface area contributed by atoms with E-state index in [-0.39, 0.29) is 0 Å². The molecule has 1 aromatic rings. The molecule has 0 radical (unpaired) electrons. The van der Waals surface area contributed by atoms with Gasteiger partial charge in [-0.3, -0.25) is 0 Å². The van der Waals surface area contributed by atoms with Gasteiger partial charge in [0.1, 0.15) is 0 Å². The number of para-hydroxylation sites is 1. The van der Waals surface area contributed by atoms with E-state index in [0.717, 1.165) is 12.5 Å². The Bertz CT molecular complexity index is 391. The number of anilines is 1. The largest absolute Gasteiger partial charge is 0.367 e. The van der Waals surface area contributed by atoms with E-state index < -0.39 is 0 Å². The van der Waals surface area contributed by atoms with Gasteiger partial charge in [0.15, 0.2) is 0 Å². The summed E-state index contributed by atoms with van der Waals surface area (Å²) in [7, 11) is 0. The van der Waals surface area contributed by atoms with Crippen molar-refractivity contribution in [3.8, 4) is 0 Å². The molecule has 2 aliphatic rings. The molecule has 1 atom stereocenters. The number of hydrogen-bond donors (Lipinski definition) is 1. The van der Waals surface area contributed by atoms with E-state index >= 15 is 0 Å². The van der Waals surface area contributed by atoms with Gasteiger partial charge in [-0.15, -0.1) is 0 Å². The Morgan fingerprint density at radius 3 is 3.12 bits per heavy atom. The van der Waals surface area contributed by atoms with Crippen molar-refractivity contribution in [2.24, 2.45) is 5.92 Å². The predicted molar refractivity (Wildman–Crippen MR) is 68.7 cm³/mol. The third-order valence-electron chi connectivity index (χ3n) is 3.54. The molecule has 16 heavy (non-hydrogen) atoms. The molecule has 3 rings (SSSR count). The molecule has 1 N–H and O–H groups in total. The fourth-order valence-electron chi connectivity index (χ4n) is 2.68. The van der Waals surface area contributed by atoms with Crippen LogP contribution in [0.1, 0.15) is 12.0 Å². The number of nitrogens with zero attached hydrogens (tertiary/aromatic N) is 1. The molecular weight excluding hydrogens is 196 g/mol. The van der Waals surface area contributed by atoms with Gasteiger partial charge in [-0.2, -0.15) is 0 Å². The van der Waals surface area contributed by atoms with Crippen molar-refractivity contribution in [1.29, 1.82) is 0 Å². The van der Waals surface area contributed by atoms with Crippen LogP contribution in [0.3, 0.4) is 0 Å². The Kier molecular flexibility index (Phi) is 2.66. The summed E-state index contributed by atoms with van der Waals surface area (Å²) in [6.45, 7) is 4.63. The second-order valence-corrected chi connectivity index (χ2v) is 4.72. The summed E-state index contributed by atoms with van der Waals surface area (Å²) in [5.74, 6) is 0.819. The summed E-state index contributed by atoms with van der Waals surface area (Å²) >= 11 is 0. The Hall–Kier alpha value is -1.28. The van der Waals surface area contributed by atoms with Crippen LogP contribution < -0.4 is 10.2 Å². The van der Waals surface area contributed by atoms with Crippen molar-refractivity contribution in [2.45, 2.75) is 6.42 Å². The topological polar surface area (TPSA) is 15.3 Å². The van der Waals surface area contributed by atoms with E-state index in [2.05, 4.69) is 46.6 Å². The van der Waals surface area contributed by atoms with Crippen LogP contribution in [0.2, 0.25) is 0 Å². The maximum Gasteiger partial charge on any atom is 0.0442 e. The van der Waals surface area contributed by atoms with Gasteiger partial charge in [0.2, 0.25) is 0 Å². The van der Waals surface area contributed by atoms with E-state index in [0.29, 0.717) is 0 Å². The van der Waals surface area contributed by atoms with Crippen LogP contribution in [0.5, 0.6) is 0 Å². The Balaban J connectivity index is 1.78. The normalized spacial score (nSPS) is 23.5. The zero-order chi connectivity index (χ0) is 10.8. The molecule has 0 amide bonds. The molecule has 0 bridgehead atoms. The molecule has 0 aromatic heterocycles. The highest BCUT2D eigenvalue weighted by Crippen LogP contribution is 2.26. The molecule has 2 heteroatoms. The van der Waals surface area contributed by atoms with Crippen LogP contribution in [0, 0.1) is 5.92 Å². The van der Waals surface area contributed by atoms with Gasteiger partial charge < -0.3 is 10.2 Å². The van der Waals surface area contributed by atoms with Crippen molar-refractivity contribution < 1.29 is 0 Å². The Labute approximate surface area is 97.0 Å². The average Bonchev–Trinajstić information content (AvgIpc) is 2.82. The molecule has 2 heterocycles. The summed E-state index contributed by atoms with van der Waals surface area (Å²) in [6, 6.07) is 8.69. The van der Waals surface area contributed by atoms with E-state index in [1.165, 1.54) is 37.3 Å². The van der Waals surface area contributed by atoms with E-state index in [4.69, 9.17) is 0 Å². The number of rotatable bonds is 2. The first-order chi connectivity index (χ1) is 7.93. The first-order valence-corrected chi connectivity index (χ1v) is 6.15. The predicted octanol–water partition coefficient (Wildman–Crippen LogP) is 2.13. The van der Waals surface area contributed by atoms with Crippen LogP contribution in [0.15, 0.2) is 30.3 Å². The zero-order valence-corrected chi connectivity index (χ0v) is 9.52. The SMILES string of the molecule is C1=Cc2ccccc2N(CC2CCNC2)C1. The summed E-state index contributed by atoms with van der Waals surface area (Å²) in [6.07, 6.45) is 5.83. The Morgan fingerprint density at radius 1 is 1.31 bits per heavy atom. The number of hydrogen-bond acceptors (Lipinski definition) is 2. The molecule has 0 aliphatic carbocycles. The number of fused-ring (bicyclic) bond motifs is 1. The lowest BCUT2D eigenvalue weighted by Gasteiger charge is -2.30. The van der Waals surface area contributed by atoms with Crippen LogP contribution in [0.25, 0.3) is 6.08 Å². The molecular formula is C14H18N2. The van der Waals surface area contributed by atoms with Crippen molar-refractivity contribution >= 4 is 11.8 Å². The van der Waals surface area contributed by atoms with Crippen LogP contribution in [-0.2, 0) is 0 Å². The molecule has 2 aliphatic heterocycles. The highest BCUT2D eigenvalue weighted by Gasteiger charge is 2.20. The molecule has 2 nitrogen and oxygen atoms in total. The monoisotopic (exact) mass is 214 g/mol. The number of benzene rings is 1. The summed E-state index contributed by atoms with van der Waals surface area (Å²) in [4.78, 5) is 2.51. The van der Waals surface area contributed by atoms with Gasteiger partial charge in [-0.1, -0.05) is 30.4 Å². The van der Waals surface area contributed by atoms with E-state index in [9.17, 15) is 0 Å². The van der Waals surface area contributed by atoms with Crippen molar-refractivity contribution in [3.05, 3.63) is 35.9 Å². The molecule has 0 saturated carbocycles. The van der Waals surface area contributed by atoms with Gasteiger partial charge in [0.25, 0.3) is 0 Å². The highest BCUT2D eigenvalue weighted by molar-refractivity contribution is 5.71. The van der Waals surface area contributed by atoms with Gasteiger partial charge in [-0.05, 0) is 37.1 Å². The van der Waals surface area contributed by atoms with E-state index in [1.807, 2.05) is 0 Å². The first-order valence-electron chi connectivity index (χ1n) is 6.15. The highest BCUT2D eigenvalue weighted by atomic mass is 15.1. The smallest absolute Gasteiger partial charge is 0.0442 e. The molecule has 84 valence electrons. The van der Waals surface area contributed by atoms with Gasteiger partial charge >= 0.3 is 0 Å². The maximum atomic E-state index is 3.44. The maximum absolute atomic E-state index is 3.44. The quantitative estimate of drug-likeness (QED) is 0.811. The lowest BCUT2D eigenvalue weighted by Crippen LogP contribution is -2.32. The molecule has 1 aromatic carbocycles. The second-order valence-electron chi connectivity index (χ2n) is 4.72. The summed E-state index contributed by atoms with van der Waals surface area (Å²) in [5.41, 5.74) is 2.76. The van der Waals surface area contributed by atoms with Crippen LogP contribution >= 0.6 is 0 Å². The average molecular weight is 214 g/mol. The third-order valence-corrected chi connectivity index (χ3v) is 3.54. The standard InChI is InChI=1S/C14H18N2/c1-2-6-14-13(4-1)5-3-9-16(14)11-12-7-8-15-10-12/h1-6,12,15H,7-11H2. The molecule has 1 fully saturated rings. The van der Waals surface area contributed by atoms with Gasteiger partial charge in [0.05, 0.1) is 0 Å². The van der Waals surface area contributed by atoms with Gasteiger partial charge in [-0.25, -0.2) is 0 Å². The van der Waals surface area contributed by atoms with E-state index in [1.54, 1.807) is 0 Å². The first kappa shape index (κ1) is 9.91. The minimum atomic E-state index is 0.819. The fourth-order valence-corrected chi connectivity index (χ4v) is 2.68. The molecule has 1 unspecified atom stereocenters. The Morgan fingerprint density at radius 2 is 2.25 bits per heavy atom. The van der Waals surface area contributed by atoms with Crippen LogP contribution in [0.4, 0.5) is 5.69 Å².